The van der Waals surface area contributed by atoms with Crippen molar-refractivity contribution in [3.05, 3.63) is 12.2 Å². The highest BCUT2D eigenvalue weighted by atomic mass is 32.3. The first kappa shape index (κ1) is 27.5. The molecule has 0 saturated carbocycles. The van der Waals surface area contributed by atoms with E-state index in [1.54, 1.807) is 0 Å². The Bertz CT molecular complexity index is 464. The lowest BCUT2D eigenvalue weighted by Crippen LogP contribution is -2.33. The van der Waals surface area contributed by atoms with Crippen LogP contribution in [0.3, 0.4) is 0 Å². The zero-order valence-electron chi connectivity index (χ0n) is 17.6. The van der Waals surface area contributed by atoms with Crippen LogP contribution in [0, 0.1) is 0 Å². The van der Waals surface area contributed by atoms with Crippen molar-refractivity contribution in [2.75, 3.05) is 6.61 Å². The fourth-order valence-corrected chi connectivity index (χ4v) is 3.71. The molecule has 7 heteroatoms. The molecular formula is C21H42O6S. The molecule has 0 rings (SSSR count). The van der Waals surface area contributed by atoms with Gasteiger partial charge in [0.2, 0.25) is 0 Å². The maximum absolute atomic E-state index is 10.8. The number of allylic oxidation sites excluding steroid dienone is 2. The molecule has 0 aromatic carbocycles. The van der Waals surface area contributed by atoms with Crippen LogP contribution in [0.4, 0.5) is 0 Å². The lowest BCUT2D eigenvalue weighted by Gasteiger charge is -2.19. The molecule has 0 aromatic rings. The fourth-order valence-electron chi connectivity index (χ4n) is 3.17. The minimum Gasteiger partial charge on any atom is -0.394 e. The molecule has 3 N–H and O–H groups in total. The van der Waals surface area contributed by atoms with E-state index < -0.39 is 29.2 Å². The summed E-state index contributed by atoms with van der Waals surface area (Å²) in [7, 11) is -4.63. The van der Waals surface area contributed by atoms with Crippen molar-refractivity contribution in [1.82, 2.24) is 0 Å². The van der Waals surface area contributed by atoms with Crippen LogP contribution in [0.1, 0.15) is 103 Å². The Labute approximate surface area is 172 Å². The van der Waals surface area contributed by atoms with Crippen LogP contribution < -0.4 is 0 Å². The smallest absolute Gasteiger partial charge is 0.394 e. The Balaban J connectivity index is 3.54. The van der Waals surface area contributed by atoms with Gasteiger partial charge >= 0.3 is 10.4 Å². The van der Waals surface area contributed by atoms with Gasteiger partial charge in [0.15, 0.2) is 0 Å². The molecule has 0 aromatic heterocycles. The minimum absolute atomic E-state index is 0.280. The Morgan fingerprint density at radius 1 is 0.821 bits per heavy atom. The Kier molecular flexibility index (Phi) is 18.2. The first-order valence-electron chi connectivity index (χ1n) is 11.0. The summed E-state index contributed by atoms with van der Waals surface area (Å²) in [5.41, 5.74) is 0. The zero-order valence-corrected chi connectivity index (χ0v) is 18.4. The van der Waals surface area contributed by atoms with E-state index in [1.165, 1.54) is 57.8 Å². The van der Waals surface area contributed by atoms with E-state index in [2.05, 4.69) is 23.3 Å². The standard InChI is InChI=1S/C21H42O6S/c1-2-3-4-5-6-7-8-9-10-11-12-13-14-15-16-17-18-21(20(23)19-22)27-28(24,25)26/h9-10,20-23H,2-8,11-19H2,1H3,(H,24,25,26)/b10-9-. The van der Waals surface area contributed by atoms with E-state index in [-0.39, 0.29) is 6.42 Å². The van der Waals surface area contributed by atoms with Crippen molar-refractivity contribution in [1.29, 1.82) is 0 Å². The summed E-state index contributed by atoms with van der Waals surface area (Å²) in [6.07, 6.45) is 18.9. The molecule has 0 heterocycles. The number of unbranched alkanes of at least 4 members (excludes halogenated alkanes) is 12. The van der Waals surface area contributed by atoms with E-state index in [1.807, 2.05) is 0 Å². The maximum Gasteiger partial charge on any atom is 0.397 e. The Morgan fingerprint density at radius 2 is 1.29 bits per heavy atom. The SMILES string of the molecule is CCCCCCCC/C=C\CCCCCCCCC(OS(=O)(=O)O)C(O)CO. The van der Waals surface area contributed by atoms with Gasteiger partial charge in [0, 0.05) is 0 Å². The molecule has 0 saturated heterocycles. The maximum atomic E-state index is 10.8. The average molecular weight is 423 g/mol. The van der Waals surface area contributed by atoms with Crippen LogP contribution in [-0.2, 0) is 14.6 Å². The van der Waals surface area contributed by atoms with Crippen LogP contribution in [0.5, 0.6) is 0 Å². The minimum atomic E-state index is -4.63. The van der Waals surface area contributed by atoms with Crippen LogP contribution in [0.2, 0.25) is 0 Å². The Hall–Kier alpha value is -0.470. The first-order chi connectivity index (χ1) is 13.4. The van der Waals surface area contributed by atoms with Gasteiger partial charge in [-0.2, -0.15) is 8.42 Å². The van der Waals surface area contributed by atoms with Gasteiger partial charge < -0.3 is 10.2 Å². The third-order valence-electron chi connectivity index (χ3n) is 4.86. The molecule has 2 atom stereocenters. The molecule has 0 bridgehead atoms. The lowest BCUT2D eigenvalue weighted by molar-refractivity contribution is -0.00707. The van der Waals surface area contributed by atoms with Crippen molar-refractivity contribution >= 4 is 10.4 Å². The summed E-state index contributed by atoms with van der Waals surface area (Å²) < 4.78 is 34.7. The second-order valence-corrected chi connectivity index (χ2v) is 8.59. The van der Waals surface area contributed by atoms with Crippen LogP contribution >= 0.6 is 0 Å². The average Bonchev–Trinajstić information content (AvgIpc) is 2.65. The molecule has 2 unspecified atom stereocenters. The van der Waals surface area contributed by atoms with Crippen LogP contribution in [0.25, 0.3) is 0 Å². The van der Waals surface area contributed by atoms with Crippen molar-refractivity contribution in [2.45, 2.75) is 115 Å². The van der Waals surface area contributed by atoms with Crippen molar-refractivity contribution in [3.8, 4) is 0 Å². The van der Waals surface area contributed by atoms with E-state index in [4.69, 9.17) is 9.66 Å². The van der Waals surface area contributed by atoms with E-state index in [9.17, 15) is 13.5 Å². The van der Waals surface area contributed by atoms with Crippen LogP contribution in [0.15, 0.2) is 12.2 Å². The van der Waals surface area contributed by atoms with Gasteiger partial charge in [-0.1, -0.05) is 83.3 Å². The highest BCUT2D eigenvalue weighted by molar-refractivity contribution is 7.80. The molecule has 0 amide bonds. The molecule has 0 aliphatic heterocycles. The van der Waals surface area contributed by atoms with Gasteiger partial charge in [0.1, 0.15) is 12.2 Å². The van der Waals surface area contributed by atoms with Gasteiger partial charge in [-0.05, 0) is 32.1 Å². The number of hydrogen-bond donors (Lipinski definition) is 3. The fraction of sp³-hybridized carbons (Fsp3) is 0.905. The molecule has 0 radical (unpaired) electrons. The number of hydrogen-bond acceptors (Lipinski definition) is 5. The van der Waals surface area contributed by atoms with Crippen molar-refractivity contribution in [2.24, 2.45) is 0 Å². The predicted octanol–water partition coefficient (Wildman–Crippen LogP) is 4.96. The predicted molar refractivity (Wildman–Crippen MR) is 114 cm³/mol. The highest BCUT2D eigenvalue weighted by Gasteiger charge is 2.24. The number of rotatable bonds is 20. The molecule has 6 nitrogen and oxygen atoms in total. The monoisotopic (exact) mass is 422 g/mol. The summed E-state index contributed by atoms with van der Waals surface area (Å²) in [5.74, 6) is 0. The largest absolute Gasteiger partial charge is 0.397 e. The van der Waals surface area contributed by atoms with Gasteiger partial charge in [0.25, 0.3) is 0 Å². The van der Waals surface area contributed by atoms with Crippen LogP contribution in [-0.4, -0.2) is 42.0 Å². The van der Waals surface area contributed by atoms with Gasteiger partial charge in [-0.25, -0.2) is 4.18 Å². The summed E-state index contributed by atoms with van der Waals surface area (Å²) in [4.78, 5) is 0. The number of aliphatic hydroxyl groups excluding tert-OH is 2. The normalized spacial score (nSPS) is 14.6. The second kappa shape index (κ2) is 18.6. The molecule has 28 heavy (non-hydrogen) atoms. The first-order valence-corrected chi connectivity index (χ1v) is 12.4. The second-order valence-electron chi connectivity index (χ2n) is 7.54. The van der Waals surface area contributed by atoms with Crippen molar-refractivity contribution < 1.29 is 27.4 Å². The zero-order chi connectivity index (χ0) is 21.1. The summed E-state index contributed by atoms with van der Waals surface area (Å²) in [6, 6.07) is 0. The highest BCUT2D eigenvalue weighted by Crippen LogP contribution is 2.15. The molecule has 0 fully saturated rings. The summed E-state index contributed by atoms with van der Waals surface area (Å²) >= 11 is 0. The molecule has 0 aliphatic carbocycles. The third kappa shape index (κ3) is 18.9. The molecule has 168 valence electrons. The quantitative estimate of drug-likeness (QED) is 0.146. The van der Waals surface area contributed by atoms with E-state index >= 15 is 0 Å². The number of aliphatic hydroxyl groups is 2. The topological polar surface area (TPSA) is 104 Å². The van der Waals surface area contributed by atoms with Gasteiger partial charge in [-0.15, -0.1) is 0 Å². The third-order valence-corrected chi connectivity index (χ3v) is 5.35. The molecule has 0 spiro atoms. The summed E-state index contributed by atoms with van der Waals surface area (Å²) in [5, 5.41) is 18.5. The summed E-state index contributed by atoms with van der Waals surface area (Å²) in [6.45, 7) is 1.64. The Morgan fingerprint density at radius 3 is 1.75 bits per heavy atom. The molecular weight excluding hydrogens is 380 g/mol. The van der Waals surface area contributed by atoms with Gasteiger partial charge in [0.05, 0.1) is 6.61 Å². The van der Waals surface area contributed by atoms with Crippen molar-refractivity contribution in [3.63, 3.8) is 0 Å². The lowest BCUT2D eigenvalue weighted by atomic mass is 10.0. The van der Waals surface area contributed by atoms with E-state index in [0.29, 0.717) is 6.42 Å². The molecule has 0 aliphatic rings. The van der Waals surface area contributed by atoms with Gasteiger partial charge in [-0.3, -0.25) is 4.55 Å². The van der Waals surface area contributed by atoms with E-state index in [0.717, 1.165) is 25.7 Å².